The molecule has 0 saturated carbocycles. The van der Waals surface area contributed by atoms with E-state index in [2.05, 4.69) is 5.32 Å². The third-order valence-corrected chi connectivity index (χ3v) is 2.67. The van der Waals surface area contributed by atoms with Gasteiger partial charge >= 0.3 is 0 Å². The normalized spacial score (nSPS) is 20.4. The van der Waals surface area contributed by atoms with E-state index >= 15 is 0 Å². The van der Waals surface area contributed by atoms with E-state index in [-0.39, 0.29) is 17.5 Å². The highest BCUT2D eigenvalue weighted by atomic mass is 19.1. The van der Waals surface area contributed by atoms with Crippen molar-refractivity contribution < 1.29 is 9.18 Å². The molecular formula is C13H14FNO. The zero-order valence-corrected chi connectivity index (χ0v) is 8.95. The SMILES string of the molecule is O=C(c1cccc(F)c1)C1C=CCCNC1. The van der Waals surface area contributed by atoms with Gasteiger partial charge < -0.3 is 5.32 Å². The second kappa shape index (κ2) is 5.03. The molecule has 0 radical (unpaired) electrons. The van der Waals surface area contributed by atoms with Crippen molar-refractivity contribution in [2.45, 2.75) is 6.42 Å². The molecular weight excluding hydrogens is 205 g/mol. The Labute approximate surface area is 94.2 Å². The molecule has 1 aromatic carbocycles. The molecule has 0 fully saturated rings. The summed E-state index contributed by atoms with van der Waals surface area (Å²) < 4.78 is 13.0. The van der Waals surface area contributed by atoms with Gasteiger partial charge in [-0.3, -0.25) is 4.79 Å². The lowest BCUT2D eigenvalue weighted by Crippen LogP contribution is -2.26. The quantitative estimate of drug-likeness (QED) is 0.610. The van der Waals surface area contributed by atoms with Crippen LogP contribution in [0.2, 0.25) is 0 Å². The smallest absolute Gasteiger partial charge is 0.171 e. The van der Waals surface area contributed by atoms with Crippen LogP contribution in [0.25, 0.3) is 0 Å². The molecule has 84 valence electrons. The zero-order chi connectivity index (χ0) is 11.4. The number of ketones is 1. The van der Waals surface area contributed by atoms with Crippen molar-refractivity contribution in [3.63, 3.8) is 0 Å². The fourth-order valence-corrected chi connectivity index (χ4v) is 1.81. The maximum Gasteiger partial charge on any atom is 0.171 e. The molecule has 2 nitrogen and oxygen atoms in total. The Balaban J connectivity index is 2.17. The van der Waals surface area contributed by atoms with Crippen LogP contribution < -0.4 is 5.32 Å². The molecule has 0 saturated heterocycles. The molecule has 0 bridgehead atoms. The highest BCUT2D eigenvalue weighted by Gasteiger charge is 2.18. The van der Waals surface area contributed by atoms with E-state index in [9.17, 15) is 9.18 Å². The first-order chi connectivity index (χ1) is 7.77. The maximum absolute atomic E-state index is 13.0. The van der Waals surface area contributed by atoms with Crippen molar-refractivity contribution in [3.05, 3.63) is 47.8 Å². The molecule has 1 heterocycles. The molecule has 2 rings (SSSR count). The number of carbonyl (C=O) groups is 1. The van der Waals surface area contributed by atoms with Gasteiger partial charge in [0.25, 0.3) is 0 Å². The lowest BCUT2D eigenvalue weighted by atomic mass is 9.97. The van der Waals surface area contributed by atoms with Gasteiger partial charge in [-0.05, 0) is 25.1 Å². The molecule has 1 N–H and O–H groups in total. The Morgan fingerprint density at radius 2 is 2.31 bits per heavy atom. The van der Waals surface area contributed by atoms with E-state index in [0.29, 0.717) is 12.1 Å². The van der Waals surface area contributed by atoms with Gasteiger partial charge in [0.15, 0.2) is 5.78 Å². The molecule has 3 heteroatoms. The van der Waals surface area contributed by atoms with E-state index in [4.69, 9.17) is 0 Å². The third-order valence-electron chi connectivity index (χ3n) is 2.67. The van der Waals surface area contributed by atoms with Crippen LogP contribution in [0.15, 0.2) is 36.4 Å². The van der Waals surface area contributed by atoms with Crippen LogP contribution >= 0.6 is 0 Å². The number of hydrogen-bond acceptors (Lipinski definition) is 2. The van der Waals surface area contributed by atoms with Crippen molar-refractivity contribution in [1.82, 2.24) is 5.32 Å². The van der Waals surface area contributed by atoms with Crippen LogP contribution in [0.5, 0.6) is 0 Å². The molecule has 1 aliphatic heterocycles. The van der Waals surface area contributed by atoms with Crippen LogP contribution in [-0.2, 0) is 0 Å². The minimum absolute atomic E-state index is 0.0230. The summed E-state index contributed by atoms with van der Waals surface area (Å²) in [4.78, 5) is 12.0. The molecule has 1 aliphatic rings. The fourth-order valence-electron chi connectivity index (χ4n) is 1.81. The lowest BCUT2D eigenvalue weighted by molar-refractivity contribution is 0.0945. The highest BCUT2D eigenvalue weighted by molar-refractivity contribution is 5.99. The first-order valence-electron chi connectivity index (χ1n) is 5.44. The largest absolute Gasteiger partial charge is 0.315 e. The second-order valence-corrected chi connectivity index (χ2v) is 3.90. The Morgan fingerprint density at radius 1 is 1.44 bits per heavy atom. The molecule has 0 aromatic heterocycles. The van der Waals surface area contributed by atoms with Gasteiger partial charge in [0.2, 0.25) is 0 Å². The van der Waals surface area contributed by atoms with Gasteiger partial charge in [-0.25, -0.2) is 4.39 Å². The standard InChI is InChI=1S/C13H14FNO/c14-12-6-3-5-10(8-12)13(16)11-4-1-2-7-15-9-11/h1,3-6,8,11,15H,2,7,9H2. The van der Waals surface area contributed by atoms with Crippen LogP contribution in [0.4, 0.5) is 4.39 Å². The minimum Gasteiger partial charge on any atom is -0.315 e. The summed E-state index contributed by atoms with van der Waals surface area (Å²) in [5.41, 5.74) is 0.443. The van der Waals surface area contributed by atoms with Gasteiger partial charge in [0.05, 0.1) is 5.92 Å². The topological polar surface area (TPSA) is 29.1 Å². The number of Topliss-reactive ketones (excluding diaryl/α,β-unsaturated/α-hetero) is 1. The van der Waals surface area contributed by atoms with E-state index in [0.717, 1.165) is 13.0 Å². The molecule has 1 atom stereocenters. The lowest BCUT2D eigenvalue weighted by Gasteiger charge is -2.10. The number of carbonyl (C=O) groups excluding carboxylic acids is 1. The average Bonchev–Trinajstić information content (AvgIpc) is 2.56. The predicted octanol–water partition coefficient (Wildman–Crippen LogP) is 2.17. The van der Waals surface area contributed by atoms with E-state index in [1.807, 2.05) is 12.2 Å². The molecule has 0 amide bonds. The first kappa shape index (κ1) is 11.0. The number of halogens is 1. The van der Waals surface area contributed by atoms with Crippen LogP contribution in [0, 0.1) is 11.7 Å². The summed E-state index contributed by atoms with van der Waals surface area (Å²) in [6.07, 6.45) is 4.85. The van der Waals surface area contributed by atoms with E-state index in [1.54, 1.807) is 12.1 Å². The van der Waals surface area contributed by atoms with Gasteiger partial charge in [0.1, 0.15) is 5.82 Å². The fraction of sp³-hybridized carbons (Fsp3) is 0.308. The predicted molar refractivity (Wildman–Crippen MR) is 60.8 cm³/mol. The summed E-state index contributed by atoms with van der Waals surface area (Å²) in [6.45, 7) is 1.52. The summed E-state index contributed by atoms with van der Waals surface area (Å²) in [5, 5.41) is 3.19. The van der Waals surface area contributed by atoms with Crippen LogP contribution in [-0.4, -0.2) is 18.9 Å². The average molecular weight is 219 g/mol. The van der Waals surface area contributed by atoms with Crippen molar-refractivity contribution in [1.29, 1.82) is 0 Å². The first-order valence-corrected chi connectivity index (χ1v) is 5.44. The van der Waals surface area contributed by atoms with Crippen molar-refractivity contribution in [3.8, 4) is 0 Å². The summed E-state index contributed by atoms with van der Waals surface area (Å²) in [6, 6.07) is 5.86. The monoisotopic (exact) mass is 219 g/mol. The molecule has 16 heavy (non-hydrogen) atoms. The zero-order valence-electron chi connectivity index (χ0n) is 8.95. The Hall–Kier alpha value is -1.48. The molecule has 1 unspecified atom stereocenters. The maximum atomic E-state index is 13.0. The number of hydrogen-bond donors (Lipinski definition) is 1. The van der Waals surface area contributed by atoms with Gasteiger partial charge in [0, 0.05) is 12.1 Å². The van der Waals surface area contributed by atoms with Crippen LogP contribution in [0.1, 0.15) is 16.8 Å². The Kier molecular flexibility index (Phi) is 3.47. The van der Waals surface area contributed by atoms with E-state index < -0.39 is 0 Å². The van der Waals surface area contributed by atoms with Crippen molar-refractivity contribution in [2.75, 3.05) is 13.1 Å². The Morgan fingerprint density at radius 3 is 3.12 bits per heavy atom. The molecule has 0 spiro atoms. The van der Waals surface area contributed by atoms with Crippen molar-refractivity contribution in [2.24, 2.45) is 5.92 Å². The third kappa shape index (κ3) is 2.55. The molecule has 1 aromatic rings. The van der Waals surface area contributed by atoms with Gasteiger partial charge in [-0.1, -0.05) is 24.3 Å². The summed E-state index contributed by atoms with van der Waals surface area (Å²) >= 11 is 0. The van der Waals surface area contributed by atoms with Crippen molar-refractivity contribution >= 4 is 5.78 Å². The number of nitrogens with one attached hydrogen (secondary N) is 1. The number of benzene rings is 1. The van der Waals surface area contributed by atoms with Gasteiger partial charge in [-0.15, -0.1) is 0 Å². The van der Waals surface area contributed by atoms with E-state index in [1.165, 1.54) is 12.1 Å². The number of rotatable bonds is 2. The summed E-state index contributed by atoms with van der Waals surface area (Å²) in [5.74, 6) is -0.564. The van der Waals surface area contributed by atoms with Crippen LogP contribution in [0.3, 0.4) is 0 Å². The minimum atomic E-state index is -0.364. The summed E-state index contributed by atoms with van der Waals surface area (Å²) in [7, 11) is 0. The Bertz CT molecular complexity index is 414. The molecule has 0 aliphatic carbocycles. The van der Waals surface area contributed by atoms with Gasteiger partial charge in [-0.2, -0.15) is 0 Å². The highest BCUT2D eigenvalue weighted by Crippen LogP contribution is 2.13. The second-order valence-electron chi connectivity index (χ2n) is 3.90.